The molecule has 1 N–H and O–H groups in total. The first kappa shape index (κ1) is 18.8. The predicted molar refractivity (Wildman–Crippen MR) is 102 cm³/mol. The SMILES string of the molecule is Cc1cc(C)c(C(=O)N2CCCN(C(=O)c3ccc(=O)[nH]n3)CC2)c(C)c1. The third-order valence-electron chi connectivity index (χ3n) is 4.86. The summed E-state index contributed by atoms with van der Waals surface area (Å²) in [5, 5.41) is 6.09. The number of H-pyrrole nitrogens is 1. The van der Waals surface area contributed by atoms with Crippen LogP contribution in [0.2, 0.25) is 0 Å². The Hall–Kier alpha value is -2.96. The highest BCUT2D eigenvalue weighted by molar-refractivity contribution is 5.97. The molecule has 3 rings (SSSR count). The fraction of sp³-hybridized carbons (Fsp3) is 0.400. The molecule has 2 amide bonds. The summed E-state index contributed by atoms with van der Waals surface area (Å²) in [6.07, 6.45) is 0.699. The highest BCUT2D eigenvalue weighted by atomic mass is 16.2. The van der Waals surface area contributed by atoms with Crippen LogP contribution in [0.4, 0.5) is 0 Å². The Bertz CT molecular complexity index is 892. The van der Waals surface area contributed by atoms with Gasteiger partial charge in [0, 0.05) is 37.8 Å². The van der Waals surface area contributed by atoms with Crippen molar-refractivity contribution in [2.45, 2.75) is 27.2 Å². The molecule has 0 aliphatic carbocycles. The molecule has 2 heterocycles. The van der Waals surface area contributed by atoms with Crippen LogP contribution < -0.4 is 5.56 Å². The van der Waals surface area contributed by atoms with Gasteiger partial charge in [-0.25, -0.2) is 5.10 Å². The van der Waals surface area contributed by atoms with E-state index in [1.54, 1.807) is 4.90 Å². The first-order chi connectivity index (χ1) is 12.9. The summed E-state index contributed by atoms with van der Waals surface area (Å²) in [5.74, 6) is -0.218. The maximum Gasteiger partial charge on any atom is 0.274 e. The van der Waals surface area contributed by atoms with Gasteiger partial charge in [-0.2, -0.15) is 5.10 Å². The molecule has 27 heavy (non-hydrogen) atoms. The minimum absolute atomic E-state index is 0.0152. The van der Waals surface area contributed by atoms with Gasteiger partial charge in [-0.3, -0.25) is 14.4 Å². The fourth-order valence-electron chi connectivity index (χ4n) is 3.62. The van der Waals surface area contributed by atoms with E-state index in [9.17, 15) is 14.4 Å². The Labute approximate surface area is 158 Å². The van der Waals surface area contributed by atoms with Crippen LogP contribution in [0.15, 0.2) is 29.1 Å². The monoisotopic (exact) mass is 368 g/mol. The van der Waals surface area contributed by atoms with E-state index >= 15 is 0 Å². The zero-order valence-corrected chi connectivity index (χ0v) is 15.9. The molecule has 7 nitrogen and oxygen atoms in total. The molecule has 0 saturated carbocycles. The molecule has 0 spiro atoms. The van der Waals surface area contributed by atoms with Crippen molar-refractivity contribution < 1.29 is 9.59 Å². The summed E-state index contributed by atoms with van der Waals surface area (Å²) in [6.45, 7) is 8.01. The Morgan fingerprint density at radius 3 is 2.07 bits per heavy atom. The van der Waals surface area contributed by atoms with Crippen molar-refractivity contribution in [2.75, 3.05) is 26.2 Å². The highest BCUT2D eigenvalue weighted by Gasteiger charge is 2.25. The maximum atomic E-state index is 13.1. The first-order valence-electron chi connectivity index (χ1n) is 9.09. The van der Waals surface area contributed by atoms with E-state index < -0.39 is 0 Å². The molecule has 0 radical (unpaired) electrons. The van der Waals surface area contributed by atoms with Gasteiger partial charge in [-0.1, -0.05) is 17.7 Å². The van der Waals surface area contributed by atoms with Crippen LogP contribution in [0.25, 0.3) is 0 Å². The zero-order valence-electron chi connectivity index (χ0n) is 15.9. The number of benzene rings is 1. The Kier molecular flexibility index (Phi) is 5.39. The summed E-state index contributed by atoms with van der Waals surface area (Å²) >= 11 is 0. The van der Waals surface area contributed by atoms with E-state index in [4.69, 9.17) is 0 Å². The molecule has 7 heteroatoms. The van der Waals surface area contributed by atoms with Crippen LogP contribution in [0.3, 0.4) is 0 Å². The standard InChI is InChI=1S/C20H24N4O3/c1-13-11-14(2)18(15(3)12-13)20(27)24-8-4-7-23(9-10-24)19(26)16-5-6-17(25)22-21-16/h5-6,11-12H,4,7-10H2,1-3H3,(H,22,25). The average molecular weight is 368 g/mol. The van der Waals surface area contributed by atoms with Gasteiger partial charge in [-0.05, 0) is 44.4 Å². The molecule has 1 aromatic heterocycles. The van der Waals surface area contributed by atoms with Crippen LogP contribution >= 0.6 is 0 Å². The molecule has 1 aliphatic heterocycles. The number of aryl methyl sites for hydroxylation is 3. The van der Waals surface area contributed by atoms with Gasteiger partial charge >= 0.3 is 0 Å². The van der Waals surface area contributed by atoms with Crippen molar-refractivity contribution in [2.24, 2.45) is 0 Å². The molecule has 0 bridgehead atoms. The molecule has 1 saturated heterocycles. The fourth-order valence-corrected chi connectivity index (χ4v) is 3.62. The second-order valence-corrected chi connectivity index (χ2v) is 7.02. The number of carbonyl (C=O) groups is 2. The highest BCUT2D eigenvalue weighted by Crippen LogP contribution is 2.19. The van der Waals surface area contributed by atoms with Gasteiger partial charge in [0.05, 0.1) is 0 Å². The summed E-state index contributed by atoms with van der Waals surface area (Å²) in [7, 11) is 0. The van der Waals surface area contributed by atoms with Crippen LogP contribution in [0.5, 0.6) is 0 Å². The van der Waals surface area contributed by atoms with Crippen LogP contribution in [-0.2, 0) is 0 Å². The number of carbonyl (C=O) groups excluding carboxylic acids is 2. The van der Waals surface area contributed by atoms with Gasteiger partial charge in [0.2, 0.25) is 0 Å². The van der Waals surface area contributed by atoms with Crippen LogP contribution in [0, 0.1) is 20.8 Å². The van der Waals surface area contributed by atoms with E-state index in [1.165, 1.54) is 12.1 Å². The van der Waals surface area contributed by atoms with Crippen molar-refractivity contribution in [1.29, 1.82) is 0 Å². The second-order valence-electron chi connectivity index (χ2n) is 7.02. The molecule has 0 unspecified atom stereocenters. The number of aromatic amines is 1. The summed E-state index contributed by atoms with van der Waals surface area (Å²) in [5.41, 5.74) is 3.71. The first-order valence-corrected chi connectivity index (χ1v) is 9.09. The Balaban J connectivity index is 1.73. The van der Waals surface area contributed by atoms with Gasteiger partial charge in [0.25, 0.3) is 17.4 Å². The summed E-state index contributed by atoms with van der Waals surface area (Å²) < 4.78 is 0. The lowest BCUT2D eigenvalue weighted by atomic mass is 9.98. The average Bonchev–Trinajstić information content (AvgIpc) is 2.87. The van der Waals surface area contributed by atoms with Gasteiger partial charge in [-0.15, -0.1) is 0 Å². The number of nitrogens with zero attached hydrogens (tertiary/aromatic N) is 3. The third kappa shape index (κ3) is 4.07. The lowest BCUT2D eigenvalue weighted by Crippen LogP contribution is -2.38. The summed E-state index contributed by atoms with van der Waals surface area (Å²) in [6, 6.07) is 6.76. The third-order valence-corrected chi connectivity index (χ3v) is 4.86. The number of rotatable bonds is 2. The molecule has 1 fully saturated rings. The molecular weight excluding hydrogens is 344 g/mol. The second kappa shape index (κ2) is 7.73. The normalized spacial score (nSPS) is 14.8. The molecule has 142 valence electrons. The Morgan fingerprint density at radius 2 is 1.52 bits per heavy atom. The number of amides is 2. The molecule has 1 aromatic carbocycles. The largest absolute Gasteiger partial charge is 0.337 e. The van der Waals surface area contributed by atoms with Gasteiger partial charge in [0.1, 0.15) is 5.69 Å². The van der Waals surface area contributed by atoms with Crippen molar-refractivity contribution in [3.05, 3.63) is 62.6 Å². The van der Waals surface area contributed by atoms with E-state index in [0.717, 1.165) is 22.3 Å². The lowest BCUT2D eigenvalue weighted by Gasteiger charge is -2.23. The number of hydrogen-bond acceptors (Lipinski definition) is 4. The molecule has 0 atom stereocenters. The van der Waals surface area contributed by atoms with Crippen molar-refractivity contribution in [3.8, 4) is 0 Å². The van der Waals surface area contributed by atoms with E-state index in [1.807, 2.05) is 37.8 Å². The minimum atomic E-state index is -0.344. The number of hydrogen-bond donors (Lipinski definition) is 1. The van der Waals surface area contributed by atoms with Crippen LogP contribution in [0.1, 0.15) is 44.0 Å². The molecule has 2 aromatic rings. The van der Waals surface area contributed by atoms with E-state index in [0.29, 0.717) is 32.6 Å². The maximum absolute atomic E-state index is 13.1. The topological polar surface area (TPSA) is 86.4 Å². The smallest absolute Gasteiger partial charge is 0.274 e. The van der Waals surface area contributed by atoms with Gasteiger partial charge < -0.3 is 9.80 Å². The quantitative estimate of drug-likeness (QED) is 0.874. The molecular formula is C20H24N4O3. The van der Waals surface area contributed by atoms with E-state index in [2.05, 4.69) is 10.2 Å². The van der Waals surface area contributed by atoms with Crippen LogP contribution in [-0.4, -0.2) is 58.0 Å². The van der Waals surface area contributed by atoms with E-state index in [-0.39, 0.29) is 23.1 Å². The Morgan fingerprint density at radius 1 is 0.926 bits per heavy atom. The van der Waals surface area contributed by atoms with Crippen molar-refractivity contribution in [3.63, 3.8) is 0 Å². The minimum Gasteiger partial charge on any atom is -0.337 e. The number of aromatic nitrogens is 2. The number of nitrogens with one attached hydrogen (secondary N) is 1. The zero-order chi connectivity index (χ0) is 19.6. The van der Waals surface area contributed by atoms with Crippen molar-refractivity contribution >= 4 is 11.8 Å². The molecule has 1 aliphatic rings. The lowest BCUT2D eigenvalue weighted by molar-refractivity contribution is 0.0714. The summed E-state index contributed by atoms with van der Waals surface area (Å²) in [4.78, 5) is 40.3. The van der Waals surface area contributed by atoms with Gasteiger partial charge in [0.15, 0.2) is 0 Å². The predicted octanol–water partition coefficient (Wildman–Crippen LogP) is 1.68. The van der Waals surface area contributed by atoms with Crippen molar-refractivity contribution in [1.82, 2.24) is 20.0 Å².